The first-order chi connectivity index (χ1) is 9.31. The SMILES string of the molecule is CCN(CC(C)(C)O)C(=O)c1n[nH]c2ccc(C)cc12. The average molecular weight is 275 g/mol. The molecule has 0 saturated carbocycles. The van der Waals surface area contributed by atoms with Crippen molar-refractivity contribution in [1.29, 1.82) is 0 Å². The Bertz CT molecular complexity index is 626. The number of amides is 1. The maximum atomic E-state index is 12.6. The van der Waals surface area contributed by atoms with Gasteiger partial charge in [-0.15, -0.1) is 0 Å². The molecule has 2 N–H and O–H groups in total. The molecule has 5 nitrogen and oxygen atoms in total. The van der Waals surface area contributed by atoms with Gasteiger partial charge in [0.2, 0.25) is 0 Å². The highest BCUT2D eigenvalue weighted by atomic mass is 16.3. The van der Waals surface area contributed by atoms with Gasteiger partial charge in [-0.3, -0.25) is 9.89 Å². The van der Waals surface area contributed by atoms with E-state index < -0.39 is 5.60 Å². The van der Waals surface area contributed by atoms with Crippen LogP contribution in [0, 0.1) is 6.92 Å². The summed E-state index contributed by atoms with van der Waals surface area (Å²) in [6, 6.07) is 5.84. The van der Waals surface area contributed by atoms with Gasteiger partial charge in [0.1, 0.15) is 0 Å². The molecule has 0 spiro atoms. The van der Waals surface area contributed by atoms with Crippen molar-refractivity contribution in [3.63, 3.8) is 0 Å². The lowest BCUT2D eigenvalue weighted by molar-refractivity contribution is 0.0312. The lowest BCUT2D eigenvalue weighted by Gasteiger charge is -2.27. The molecule has 0 saturated heterocycles. The number of carbonyl (C=O) groups excluding carboxylic acids is 1. The highest BCUT2D eigenvalue weighted by Gasteiger charge is 2.25. The number of hydrogen-bond acceptors (Lipinski definition) is 3. The number of aromatic nitrogens is 2. The van der Waals surface area contributed by atoms with Crippen LogP contribution in [0.25, 0.3) is 10.9 Å². The highest BCUT2D eigenvalue weighted by molar-refractivity contribution is 6.04. The molecule has 0 unspecified atom stereocenters. The van der Waals surface area contributed by atoms with Crippen LogP contribution in [-0.4, -0.2) is 44.8 Å². The number of hydrogen-bond donors (Lipinski definition) is 2. The third kappa shape index (κ3) is 2.99. The minimum absolute atomic E-state index is 0.161. The molecule has 0 bridgehead atoms. The van der Waals surface area contributed by atoms with Crippen LogP contribution in [0.3, 0.4) is 0 Å². The molecule has 1 aromatic heterocycles. The Morgan fingerprint density at radius 1 is 1.45 bits per heavy atom. The van der Waals surface area contributed by atoms with Crippen LogP contribution in [0.15, 0.2) is 18.2 Å². The number of likely N-dealkylation sites (N-methyl/N-ethyl adjacent to an activating group) is 1. The number of aromatic amines is 1. The van der Waals surface area contributed by atoms with E-state index in [1.165, 1.54) is 0 Å². The van der Waals surface area contributed by atoms with Crippen molar-refractivity contribution in [2.45, 2.75) is 33.3 Å². The summed E-state index contributed by atoms with van der Waals surface area (Å²) in [4.78, 5) is 14.2. The monoisotopic (exact) mass is 275 g/mol. The van der Waals surface area contributed by atoms with Crippen molar-refractivity contribution in [2.75, 3.05) is 13.1 Å². The Kier molecular flexibility index (Phi) is 3.81. The first-order valence-electron chi connectivity index (χ1n) is 6.78. The summed E-state index contributed by atoms with van der Waals surface area (Å²) in [7, 11) is 0. The lowest BCUT2D eigenvalue weighted by Crippen LogP contribution is -2.42. The minimum Gasteiger partial charge on any atom is -0.389 e. The molecular weight excluding hydrogens is 254 g/mol. The Morgan fingerprint density at radius 3 is 2.75 bits per heavy atom. The van der Waals surface area contributed by atoms with Crippen LogP contribution in [-0.2, 0) is 0 Å². The van der Waals surface area contributed by atoms with E-state index in [0.29, 0.717) is 12.2 Å². The van der Waals surface area contributed by atoms with Crippen LogP contribution in [0.4, 0.5) is 0 Å². The Hall–Kier alpha value is -1.88. The van der Waals surface area contributed by atoms with Gasteiger partial charge in [0, 0.05) is 18.5 Å². The number of rotatable bonds is 4. The molecule has 108 valence electrons. The van der Waals surface area contributed by atoms with Gasteiger partial charge in [0.25, 0.3) is 5.91 Å². The molecule has 0 aliphatic rings. The molecule has 0 fully saturated rings. The normalized spacial score (nSPS) is 11.8. The average Bonchev–Trinajstić information content (AvgIpc) is 2.76. The number of carbonyl (C=O) groups is 1. The van der Waals surface area contributed by atoms with E-state index in [4.69, 9.17) is 0 Å². The predicted molar refractivity (Wildman–Crippen MR) is 78.7 cm³/mol. The zero-order valence-electron chi connectivity index (χ0n) is 12.4. The summed E-state index contributed by atoms with van der Waals surface area (Å²) in [6.07, 6.45) is 0. The summed E-state index contributed by atoms with van der Waals surface area (Å²) >= 11 is 0. The molecule has 1 aromatic carbocycles. The standard InChI is InChI=1S/C15H21N3O2/c1-5-18(9-15(3,4)20)14(19)13-11-8-10(2)6-7-12(11)16-17-13/h6-8,20H,5,9H2,1-4H3,(H,16,17). The molecule has 0 aliphatic carbocycles. The van der Waals surface area contributed by atoms with Crippen LogP contribution in [0.1, 0.15) is 36.8 Å². The molecule has 5 heteroatoms. The first kappa shape index (κ1) is 14.5. The van der Waals surface area contributed by atoms with Gasteiger partial charge in [0.15, 0.2) is 5.69 Å². The number of benzene rings is 1. The van der Waals surface area contributed by atoms with E-state index >= 15 is 0 Å². The third-order valence-electron chi connectivity index (χ3n) is 3.17. The van der Waals surface area contributed by atoms with E-state index in [9.17, 15) is 9.90 Å². The van der Waals surface area contributed by atoms with Crippen molar-refractivity contribution in [2.24, 2.45) is 0 Å². The number of fused-ring (bicyclic) bond motifs is 1. The van der Waals surface area contributed by atoms with Gasteiger partial charge < -0.3 is 10.0 Å². The van der Waals surface area contributed by atoms with Gasteiger partial charge in [-0.2, -0.15) is 5.10 Å². The first-order valence-corrected chi connectivity index (χ1v) is 6.78. The van der Waals surface area contributed by atoms with E-state index in [-0.39, 0.29) is 12.5 Å². The van der Waals surface area contributed by atoms with Gasteiger partial charge in [0.05, 0.1) is 11.1 Å². The van der Waals surface area contributed by atoms with Crippen LogP contribution < -0.4 is 0 Å². The second-order valence-electron chi connectivity index (χ2n) is 5.75. The van der Waals surface area contributed by atoms with Crippen molar-refractivity contribution < 1.29 is 9.90 Å². The Balaban J connectivity index is 2.37. The third-order valence-corrected chi connectivity index (χ3v) is 3.17. The molecule has 0 atom stereocenters. The van der Waals surface area contributed by atoms with E-state index in [2.05, 4.69) is 10.2 Å². The predicted octanol–water partition coefficient (Wildman–Crippen LogP) is 2.10. The van der Waals surface area contributed by atoms with Gasteiger partial charge in [-0.05, 0) is 39.8 Å². The molecule has 20 heavy (non-hydrogen) atoms. The lowest BCUT2D eigenvalue weighted by atomic mass is 10.1. The number of aliphatic hydroxyl groups is 1. The number of nitrogens with one attached hydrogen (secondary N) is 1. The van der Waals surface area contributed by atoms with Crippen molar-refractivity contribution in [1.82, 2.24) is 15.1 Å². The molecule has 2 aromatic rings. The number of H-pyrrole nitrogens is 1. The summed E-state index contributed by atoms with van der Waals surface area (Å²) in [5, 5.41) is 17.7. The molecule has 0 radical (unpaired) electrons. The fourth-order valence-corrected chi connectivity index (χ4v) is 2.23. The summed E-state index contributed by atoms with van der Waals surface area (Å²) in [5.74, 6) is -0.161. The highest BCUT2D eigenvalue weighted by Crippen LogP contribution is 2.19. The topological polar surface area (TPSA) is 69.2 Å². The quantitative estimate of drug-likeness (QED) is 0.897. The van der Waals surface area contributed by atoms with Crippen LogP contribution in [0.5, 0.6) is 0 Å². The summed E-state index contributed by atoms with van der Waals surface area (Å²) < 4.78 is 0. The Morgan fingerprint density at radius 2 is 2.15 bits per heavy atom. The molecular formula is C15H21N3O2. The fourth-order valence-electron chi connectivity index (χ4n) is 2.23. The van der Waals surface area contributed by atoms with Crippen LogP contribution >= 0.6 is 0 Å². The number of nitrogens with zero attached hydrogens (tertiary/aromatic N) is 2. The smallest absolute Gasteiger partial charge is 0.275 e. The van der Waals surface area contributed by atoms with E-state index in [1.54, 1.807) is 18.7 Å². The Labute approximate surface area is 118 Å². The zero-order chi connectivity index (χ0) is 14.9. The second-order valence-corrected chi connectivity index (χ2v) is 5.75. The fraction of sp³-hybridized carbons (Fsp3) is 0.467. The van der Waals surface area contributed by atoms with E-state index in [1.807, 2.05) is 32.0 Å². The van der Waals surface area contributed by atoms with Crippen molar-refractivity contribution in [3.8, 4) is 0 Å². The molecule has 1 amide bonds. The zero-order valence-corrected chi connectivity index (χ0v) is 12.4. The largest absolute Gasteiger partial charge is 0.389 e. The van der Waals surface area contributed by atoms with Gasteiger partial charge in [-0.25, -0.2) is 0 Å². The number of aryl methyl sites for hydroxylation is 1. The molecule has 1 heterocycles. The minimum atomic E-state index is -0.923. The van der Waals surface area contributed by atoms with Crippen molar-refractivity contribution in [3.05, 3.63) is 29.5 Å². The second kappa shape index (κ2) is 5.25. The van der Waals surface area contributed by atoms with Crippen molar-refractivity contribution >= 4 is 16.8 Å². The van der Waals surface area contributed by atoms with E-state index in [0.717, 1.165) is 16.5 Å². The maximum absolute atomic E-state index is 12.6. The van der Waals surface area contributed by atoms with Gasteiger partial charge in [-0.1, -0.05) is 11.6 Å². The van der Waals surface area contributed by atoms with Gasteiger partial charge >= 0.3 is 0 Å². The molecule has 0 aliphatic heterocycles. The summed E-state index contributed by atoms with van der Waals surface area (Å²) in [5.41, 5.74) is 1.42. The molecule has 2 rings (SSSR count). The van der Waals surface area contributed by atoms with Crippen LogP contribution in [0.2, 0.25) is 0 Å². The summed E-state index contributed by atoms with van der Waals surface area (Å²) in [6.45, 7) is 8.07. The maximum Gasteiger partial charge on any atom is 0.275 e.